The first-order valence-corrected chi connectivity index (χ1v) is 6.17. The van der Waals surface area contributed by atoms with Gasteiger partial charge in [-0.3, -0.25) is 9.25 Å². The summed E-state index contributed by atoms with van der Waals surface area (Å²) in [5, 5.41) is 7.81. The van der Waals surface area contributed by atoms with Crippen LogP contribution in [0.25, 0.3) is 5.69 Å². The van der Waals surface area contributed by atoms with Gasteiger partial charge in [0, 0.05) is 18.8 Å². The molecule has 0 aliphatic carbocycles. The van der Waals surface area contributed by atoms with E-state index in [4.69, 9.17) is 0 Å². The van der Waals surface area contributed by atoms with E-state index in [-0.39, 0.29) is 0 Å². The first-order chi connectivity index (χ1) is 8.38. The standard InChI is InChI=1S/C12H17N5/c1-2-16-8-10(6-15-16)17-9-13-7-12(17)11-4-3-5-14-11/h6-9,11,14H,2-5H2,1H3/t11-/m0/s1. The Labute approximate surface area is 100 Å². The highest BCUT2D eigenvalue weighted by molar-refractivity contribution is 5.29. The summed E-state index contributed by atoms with van der Waals surface area (Å²) in [6, 6.07) is 0.433. The van der Waals surface area contributed by atoms with Gasteiger partial charge in [-0.05, 0) is 26.3 Å². The smallest absolute Gasteiger partial charge is 0.0995 e. The molecule has 0 unspecified atom stereocenters. The van der Waals surface area contributed by atoms with Crippen molar-refractivity contribution in [1.29, 1.82) is 0 Å². The zero-order valence-electron chi connectivity index (χ0n) is 10.0. The minimum atomic E-state index is 0.433. The summed E-state index contributed by atoms with van der Waals surface area (Å²) in [4.78, 5) is 4.26. The molecule has 1 fully saturated rings. The average molecular weight is 231 g/mol. The Balaban J connectivity index is 1.94. The minimum absolute atomic E-state index is 0.433. The van der Waals surface area contributed by atoms with Gasteiger partial charge in [-0.1, -0.05) is 0 Å². The predicted molar refractivity (Wildman–Crippen MR) is 65.0 cm³/mol. The SMILES string of the molecule is CCn1cc(-n2cncc2[C@@H]2CCCN2)cn1. The van der Waals surface area contributed by atoms with Gasteiger partial charge < -0.3 is 5.32 Å². The maximum atomic E-state index is 4.31. The molecule has 1 aliphatic rings. The van der Waals surface area contributed by atoms with E-state index in [0.29, 0.717) is 6.04 Å². The van der Waals surface area contributed by atoms with Crippen LogP contribution in [0, 0.1) is 0 Å². The number of rotatable bonds is 3. The quantitative estimate of drug-likeness (QED) is 0.871. The summed E-state index contributed by atoms with van der Waals surface area (Å²) < 4.78 is 4.06. The van der Waals surface area contributed by atoms with Crippen LogP contribution < -0.4 is 5.32 Å². The number of hydrogen-bond donors (Lipinski definition) is 1. The normalized spacial score (nSPS) is 19.9. The first kappa shape index (κ1) is 10.5. The molecule has 2 aromatic rings. The van der Waals surface area contributed by atoms with Crippen LogP contribution in [-0.4, -0.2) is 25.9 Å². The first-order valence-electron chi connectivity index (χ1n) is 6.17. The maximum Gasteiger partial charge on any atom is 0.0995 e. The van der Waals surface area contributed by atoms with Crippen LogP contribution in [0.5, 0.6) is 0 Å². The lowest BCUT2D eigenvalue weighted by molar-refractivity contribution is 0.614. The van der Waals surface area contributed by atoms with Crippen LogP contribution in [0.4, 0.5) is 0 Å². The van der Waals surface area contributed by atoms with E-state index < -0.39 is 0 Å². The monoisotopic (exact) mass is 231 g/mol. The van der Waals surface area contributed by atoms with E-state index in [9.17, 15) is 0 Å². The Morgan fingerprint density at radius 1 is 1.47 bits per heavy atom. The van der Waals surface area contributed by atoms with Gasteiger partial charge in [0.05, 0.1) is 30.1 Å². The van der Waals surface area contributed by atoms with E-state index in [0.717, 1.165) is 18.8 Å². The Morgan fingerprint density at radius 3 is 3.12 bits per heavy atom. The fourth-order valence-electron chi connectivity index (χ4n) is 2.37. The molecule has 0 bridgehead atoms. The van der Waals surface area contributed by atoms with Gasteiger partial charge in [0.2, 0.25) is 0 Å². The summed E-state index contributed by atoms with van der Waals surface area (Å²) >= 11 is 0. The molecule has 3 heterocycles. The molecule has 0 aromatic carbocycles. The molecule has 0 radical (unpaired) electrons. The summed E-state index contributed by atoms with van der Waals surface area (Å²) in [6.45, 7) is 4.08. The molecule has 0 spiro atoms. The topological polar surface area (TPSA) is 47.7 Å². The van der Waals surface area contributed by atoms with Crippen molar-refractivity contribution < 1.29 is 0 Å². The second kappa shape index (κ2) is 4.33. The van der Waals surface area contributed by atoms with Crippen molar-refractivity contribution >= 4 is 0 Å². The van der Waals surface area contributed by atoms with Crippen molar-refractivity contribution in [3.63, 3.8) is 0 Å². The van der Waals surface area contributed by atoms with Crippen LogP contribution in [0.1, 0.15) is 31.5 Å². The molecule has 5 heteroatoms. The largest absolute Gasteiger partial charge is 0.309 e. The summed E-state index contributed by atoms with van der Waals surface area (Å²) in [7, 11) is 0. The van der Waals surface area contributed by atoms with Crippen LogP contribution in [0.2, 0.25) is 0 Å². The zero-order valence-corrected chi connectivity index (χ0v) is 10.0. The Hall–Kier alpha value is -1.62. The molecule has 0 amide bonds. The highest BCUT2D eigenvalue weighted by Crippen LogP contribution is 2.24. The van der Waals surface area contributed by atoms with Gasteiger partial charge in [-0.25, -0.2) is 4.98 Å². The molecule has 1 saturated heterocycles. The molecule has 1 aliphatic heterocycles. The number of aryl methyl sites for hydroxylation is 1. The lowest BCUT2D eigenvalue weighted by Gasteiger charge is -2.12. The number of aromatic nitrogens is 4. The summed E-state index contributed by atoms with van der Waals surface area (Å²) in [5.74, 6) is 0. The van der Waals surface area contributed by atoms with E-state index >= 15 is 0 Å². The lowest BCUT2D eigenvalue weighted by atomic mass is 10.2. The average Bonchev–Trinajstić information content (AvgIpc) is 3.09. The van der Waals surface area contributed by atoms with Crippen molar-refractivity contribution in [2.45, 2.75) is 32.4 Å². The van der Waals surface area contributed by atoms with Gasteiger partial charge in [-0.2, -0.15) is 5.10 Å². The van der Waals surface area contributed by atoms with Gasteiger partial charge >= 0.3 is 0 Å². The molecule has 0 saturated carbocycles. The molecule has 3 rings (SSSR count). The Kier molecular flexibility index (Phi) is 2.68. The van der Waals surface area contributed by atoms with E-state index in [2.05, 4.69) is 33.1 Å². The van der Waals surface area contributed by atoms with Crippen LogP contribution in [-0.2, 0) is 6.54 Å². The van der Waals surface area contributed by atoms with Crippen LogP contribution >= 0.6 is 0 Å². The highest BCUT2D eigenvalue weighted by atomic mass is 15.3. The third-order valence-corrected chi connectivity index (χ3v) is 3.31. The molecule has 2 aromatic heterocycles. The zero-order chi connectivity index (χ0) is 11.7. The van der Waals surface area contributed by atoms with Crippen LogP contribution in [0.3, 0.4) is 0 Å². The molecule has 1 atom stereocenters. The Morgan fingerprint density at radius 2 is 2.41 bits per heavy atom. The second-order valence-electron chi connectivity index (χ2n) is 4.39. The predicted octanol–water partition coefficient (Wildman–Crippen LogP) is 1.51. The fourth-order valence-corrected chi connectivity index (χ4v) is 2.37. The summed E-state index contributed by atoms with van der Waals surface area (Å²) in [6.07, 6.45) is 10.2. The van der Waals surface area contributed by atoms with Crippen molar-refractivity contribution in [3.05, 3.63) is 30.6 Å². The third kappa shape index (κ3) is 1.86. The molecule has 5 nitrogen and oxygen atoms in total. The molecular weight excluding hydrogens is 214 g/mol. The molecule has 17 heavy (non-hydrogen) atoms. The van der Waals surface area contributed by atoms with E-state index in [1.807, 2.05) is 23.4 Å². The van der Waals surface area contributed by atoms with Crippen molar-refractivity contribution in [2.24, 2.45) is 0 Å². The molecule has 90 valence electrons. The maximum absolute atomic E-state index is 4.31. The van der Waals surface area contributed by atoms with E-state index in [1.54, 1.807) is 0 Å². The lowest BCUT2D eigenvalue weighted by Crippen LogP contribution is -2.15. The number of imidazole rings is 1. The minimum Gasteiger partial charge on any atom is -0.309 e. The number of nitrogens with one attached hydrogen (secondary N) is 1. The second-order valence-corrected chi connectivity index (χ2v) is 4.39. The molecular formula is C12H17N5. The van der Waals surface area contributed by atoms with Gasteiger partial charge in [0.1, 0.15) is 0 Å². The van der Waals surface area contributed by atoms with Crippen molar-refractivity contribution in [1.82, 2.24) is 24.6 Å². The van der Waals surface area contributed by atoms with Gasteiger partial charge in [0.25, 0.3) is 0 Å². The molecule has 1 N–H and O–H groups in total. The third-order valence-electron chi connectivity index (χ3n) is 3.31. The van der Waals surface area contributed by atoms with Gasteiger partial charge in [-0.15, -0.1) is 0 Å². The van der Waals surface area contributed by atoms with Crippen molar-refractivity contribution in [2.75, 3.05) is 6.54 Å². The Bertz CT molecular complexity index is 492. The van der Waals surface area contributed by atoms with Gasteiger partial charge in [0.15, 0.2) is 0 Å². The summed E-state index contributed by atoms with van der Waals surface area (Å²) in [5.41, 5.74) is 2.33. The number of hydrogen-bond acceptors (Lipinski definition) is 3. The van der Waals surface area contributed by atoms with Crippen molar-refractivity contribution in [3.8, 4) is 5.69 Å². The fraction of sp³-hybridized carbons (Fsp3) is 0.500. The number of nitrogens with zero attached hydrogens (tertiary/aromatic N) is 4. The highest BCUT2D eigenvalue weighted by Gasteiger charge is 2.20. The van der Waals surface area contributed by atoms with Crippen LogP contribution in [0.15, 0.2) is 24.9 Å². The van der Waals surface area contributed by atoms with E-state index in [1.165, 1.54) is 18.5 Å².